The van der Waals surface area contributed by atoms with Gasteiger partial charge < -0.3 is 15.8 Å². The lowest BCUT2D eigenvalue weighted by Crippen LogP contribution is -2.40. The van der Waals surface area contributed by atoms with Crippen LogP contribution >= 0.6 is 0 Å². The molecule has 1 aromatic carbocycles. The maximum absolute atomic E-state index is 11.1. The number of carbonyl (C=O) groups excluding carboxylic acids is 1. The second-order valence-electron chi connectivity index (χ2n) is 5.64. The van der Waals surface area contributed by atoms with Crippen molar-refractivity contribution in [2.24, 2.45) is 5.73 Å². The van der Waals surface area contributed by atoms with Crippen LogP contribution in [0.1, 0.15) is 39.2 Å². The van der Waals surface area contributed by atoms with E-state index in [1.54, 1.807) is 7.05 Å². The lowest BCUT2D eigenvalue weighted by molar-refractivity contribution is -0.120. The lowest BCUT2D eigenvalue weighted by atomic mass is 9.82. The standard InChI is InChI=1S/C16H26N2O2/c1-5-16(2,3)12-6-8-13(9-7-12)20-11-10-14(18-4)15(17)19/h6-9,14,18H,5,10-11H2,1-4H3,(H2,17,19). The Balaban J connectivity index is 2.52. The molecule has 1 rings (SSSR count). The molecule has 4 nitrogen and oxygen atoms in total. The SMILES string of the molecule is CCC(C)(C)c1ccc(OCCC(NC)C(N)=O)cc1. The molecule has 0 aliphatic heterocycles. The number of amides is 1. The molecule has 3 N–H and O–H groups in total. The number of carbonyl (C=O) groups is 1. The Morgan fingerprint density at radius 1 is 1.35 bits per heavy atom. The van der Waals surface area contributed by atoms with E-state index < -0.39 is 0 Å². The van der Waals surface area contributed by atoms with E-state index in [-0.39, 0.29) is 17.4 Å². The van der Waals surface area contributed by atoms with E-state index >= 15 is 0 Å². The first-order valence-corrected chi connectivity index (χ1v) is 7.10. The van der Waals surface area contributed by atoms with Crippen LogP contribution in [-0.2, 0) is 10.2 Å². The van der Waals surface area contributed by atoms with Crippen LogP contribution in [-0.4, -0.2) is 25.6 Å². The minimum atomic E-state index is -0.351. The molecule has 0 saturated heterocycles. The van der Waals surface area contributed by atoms with Gasteiger partial charge in [0.05, 0.1) is 12.6 Å². The van der Waals surface area contributed by atoms with Gasteiger partial charge in [-0.1, -0.05) is 32.9 Å². The summed E-state index contributed by atoms with van der Waals surface area (Å²) in [5.41, 5.74) is 6.74. The molecule has 0 aromatic heterocycles. The largest absolute Gasteiger partial charge is 0.494 e. The molecule has 0 aliphatic rings. The van der Waals surface area contributed by atoms with Crippen LogP contribution < -0.4 is 15.8 Å². The number of nitrogens with two attached hydrogens (primary N) is 1. The van der Waals surface area contributed by atoms with Crippen molar-refractivity contribution in [3.05, 3.63) is 29.8 Å². The van der Waals surface area contributed by atoms with Crippen LogP contribution in [0.2, 0.25) is 0 Å². The monoisotopic (exact) mass is 278 g/mol. The van der Waals surface area contributed by atoms with Crippen molar-refractivity contribution in [1.29, 1.82) is 0 Å². The number of benzene rings is 1. The molecule has 4 heteroatoms. The van der Waals surface area contributed by atoms with Crippen LogP contribution in [0.5, 0.6) is 5.75 Å². The predicted octanol–water partition coefficient (Wildman–Crippen LogP) is 2.22. The summed E-state index contributed by atoms with van der Waals surface area (Å²) in [6.45, 7) is 7.11. The predicted molar refractivity (Wildman–Crippen MR) is 81.9 cm³/mol. The fraction of sp³-hybridized carbons (Fsp3) is 0.562. The normalized spacial score (nSPS) is 13.0. The van der Waals surface area contributed by atoms with E-state index in [0.29, 0.717) is 13.0 Å². The van der Waals surface area contributed by atoms with E-state index in [4.69, 9.17) is 10.5 Å². The van der Waals surface area contributed by atoms with Gasteiger partial charge in [0, 0.05) is 6.42 Å². The van der Waals surface area contributed by atoms with Gasteiger partial charge in [-0.2, -0.15) is 0 Å². The summed E-state index contributed by atoms with van der Waals surface area (Å²) in [5.74, 6) is 0.469. The van der Waals surface area contributed by atoms with Crippen molar-refractivity contribution in [2.45, 2.75) is 45.1 Å². The maximum Gasteiger partial charge on any atom is 0.234 e. The van der Waals surface area contributed by atoms with E-state index in [2.05, 4.69) is 38.2 Å². The summed E-state index contributed by atoms with van der Waals surface area (Å²) < 4.78 is 5.64. The van der Waals surface area contributed by atoms with Crippen molar-refractivity contribution in [1.82, 2.24) is 5.32 Å². The Morgan fingerprint density at radius 2 is 1.95 bits per heavy atom. The first-order chi connectivity index (χ1) is 9.40. The Labute approximate surface area is 121 Å². The van der Waals surface area contributed by atoms with Gasteiger partial charge in [0.1, 0.15) is 5.75 Å². The van der Waals surface area contributed by atoms with Crippen LogP contribution in [0.25, 0.3) is 0 Å². The smallest absolute Gasteiger partial charge is 0.234 e. The first-order valence-electron chi connectivity index (χ1n) is 7.10. The van der Waals surface area contributed by atoms with Gasteiger partial charge in [-0.05, 0) is 36.6 Å². The van der Waals surface area contributed by atoms with Crippen LogP contribution in [0.4, 0.5) is 0 Å². The zero-order valence-corrected chi connectivity index (χ0v) is 12.9. The molecule has 1 aromatic rings. The van der Waals surface area contributed by atoms with E-state index in [9.17, 15) is 4.79 Å². The molecule has 0 heterocycles. The fourth-order valence-electron chi connectivity index (χ4n) is 1.93. The average Bonchev–Trinajstić information content (AvgIpc) is 2.43. The summed E-state index contributed by atoms with van der Waals surface area (Å²) in [5, 5.41) is 2.87. The summed E-state index contributed by atoms with van der Waals surface area (Å²) in [7, 11) is 1.72. The minimum absolute atomic E-state index is 0.182. The van der Waals surface area contributed by atoms with Crippen molar-refractivity contribution in [3.63, 3.8) is 0 Å². The number of likely N-dealkylation sites (N-methyl/N-ethyl adjacent to an activating group) is 1. The highest BCUT2D eigenvalue weighted by molar-refractivity contribution is 5.79. The number of hydrogen-bond donors (Lipinski definition) is 2. The Morgan fingerprint density at radius 3 is 2.40 bits per heavy atom. The second kappa shape index (κ2) is 7.29. The Hall–Kier alpha value is -1.55. The van der Waals surface area contributed by atoms with Gasteiger partial charge in [0.25, 0.3) is 0 Å². The van der Waals surface area contributed by atoms with Crippen molar-refractivity contribution in [3.8, 4) is 5.75 Å². The van der Waals surface area contributed by atoms with Crippen molar-refractivity contribution < 1.29 is 9.53 Å². The number of ether oxygens (including phenoxy) is 1. The number of hydrogen-bond acceptors (Lipinski definition) is 3. The van der Waals surface area contributed by atoms with E-state index in [1.807, 2.05) is 12.1 Å². The molecule has 0 saturated carbocycles. The lowest BCUT2D eigenvalue weighted by Gasteiger charge is -2.23. The molecule has 0 fully saturated rings. The molecule has 0 radical (unpaired) electrons. The molecule has 1 unspecified atom stereocenters. The van der Waals surface area contributed by atoms with Gasteiger partial charge in [-0.15, -0.1) is 0 Å². The summed E-state index contributed by atoms with van der Waals surface area (Å²) in [6, 6.07) is 7.81. The van der Waals surface area contributed by atoms with Gasteiger partial charge in [0.15, 0.2) is 0 Å². The van der Waals surface area contributed by atoms with Crippen molar-refractivity contribution >= 4 is 5.91 Å². The van der Waals surface area contributed by atoms with Crippen LogP contribution in [0.3, 0.4) is 0 Å². The zero-order valence-electron chi connectivity index (χ0n) is 12.9. The quantitative estimate of drug-likeness (QED) is 0.766. The Bertz CT molecular complexity index is 427. The number of primary amides is 1. The van der Waals surface area contributed by atoms with Crippen LogP contribution in [0.15, 0.2) is 24.3 Å². The van der Waals surface area contributed by atoms with Crippen LogP contribution in [0, 0.1) is 0 Å². The second-order valence-corrected chi connectivity index (χ2v) is 5.64. The number of rotatable bonds is 8. The van der Waals surface area contributed by atoms with Gasteiger partial charge in [-0.3, -0.25) is 4.79 Å². The molecule has 0 spiro atoms. The summed E-state index contributed by atoms with van der Waals surface area (Å²) in [6.07, 6.45) is 1.66. The summed E-state index contributed by atoms with van der Waals surface area (Å²) in [4.78, 5) is 11.1. The van der Waals surface area contributed by atoms with E-state index in [1.165, 1.54) is 5.56 Å². The Kier molecular flexibility index (Phi) is 6.02. The fourth-order valence-corrected chi connectivity index (χ4v) is 1.93. The van der Waals surface area contributed by atoms with Gasteiger partial charge in [0.2, 0.25) is 5.91 Å². The molecule has 112 valence electrons. The highest BCUT2D eigenvalue weighted by atomic mass is 16.5. The average molecular weight is 278 g/mol. The molecule has 20 heavy (non-hydrogen) atoms. The highest BCUT2D eigenvalue weighted by Gasteiger charge is 2.17. The van der Waals surface area contributed by atoms with Gasteiger partial charge >= 0.3 is 0 Å². The third kappa shape index (κ3) is 4.53. The third-order valence-corrected chi connectivity index (χ3v) is 3.89. The van der Waals surface area contributed by atoms with Gasteiger partial charge in [-0.25, -0.2) is 0 Å². The first kappa shape index (κ1) is 16.5. The topological polar surface area (TPSA) is 64.3 Å². The minimum Gasteiger partial charge on any atom is -0.494 e. The highest BCUT2D eigenvalue weighted by Crippen LogP contribution is 2.28. The molecular formula is C16H26N2O2. The number of nitrogens with one attached hydrogen (secondary N) is 1. The maximum atomic E-state index is 11.1. The molecule has 0 aliphatic carbocycles. The molecule has 0 bridgehead atoms. The third-order valence-electron chi connectivity index (χ3n) is 3.89. The molecule has 1 atom stereocenters. The molecular weight excluding hydrogens is 252 g/mol. The summed E-state index contributed by atoms with van der Waals surface area (Å²) >= 11 is 0. The van der Waals surface area contributed by atoms with Crippen molar-refractivity contribution in [2.75, 3.05) is 13.7 Å². The zero-order chi connectivity index (χ0) is 15.2. The van der Waals surface area contributed by atoms with E-state index in [0.717, 1.165) is 12.2 Å². The molecule has 1 amide bonds.